The zero-order valence-corrected chi connectivity index (χ0v) is 27.7. The normalized spacial score (nSPS) is 16.0. The number of rotatable bonds is 10. The molecule has 3 rings (SSSR count). The molecule has 1 heterocycles. The molecule has 3 atom stereocenters. The molecule has 1 aliphatic heterocycles. The Hall–Kier alpha value is -5.25. The van der Waals surface area contributed by atoms with Gasteiger partial charge in [-0.3, -0.25) is 28.8 Å². The Morgan fingerprint density at radius 2 is 1.39 bits per heavy atom. The van der Waals surface area contributed by atoms with Crippen LogP contribution < -0.4 is 14.2 Å². The lowest BCUT2D eigenvalue weighted by Gasteiger charge is -2.48. The molecular weight excluding hydrogens is 655 g/mol. The number of carbonyl (C=O) groups is 6. The number of hydrazine groups is 1. The van der Waals surface area contributed by atoms with Crippen LogP contribution in [-0.4, -0.2) is 80.0 Å². The number of nitrogens with zero attached hydrogens (tertiary/aromatic N) is 3. The highest BCUT2D eigenvalue weighted by Crippen LogP contribution is 2.44. The maximum absolute atomic E-state index is 14.5. The molecule has 0 bridgehead atoms. The van der Waals surface area contributed by atoms with Gasteiger partial charge in [0, 0.05) is 46.4 Å². The Morgan fingerprint density at radius 3 is 1.80 bits per heavy atom. The zero-order valence-electron chi connectivity index (χ0n) is 27.7. The van der Waals surface area contributed by atoms with E-state index in [1.807, 2.05) is 0 Å². The lowest BCUT2D eigenvalue weighted by molar-refractivity contribution is -0.232. The second-order valence-corrected chi connectivity index (χ2v) is 11.5. The summed E-state index contributed by atoms with van der Waals surface area (Å²) in [7, 11) is 0. The van der Waals surface area contributed by atoms with Crippen LogP contribution in [0.5, 0.6) is 17.2 Å². The maximum atomic E-state index is 14.5. The van der Waals surface area contributed by atoms with E-state index in [0.29, 0.717) is 10.0 Å². The summed E-state index contributed by atoms with van der Waals surface area (Å²) in [6.07, 6.45) is -7.92. The first-order valence-corrected chi connectivity index (χ1v) is 14.9. The number of halogens is 3. The predicted octanol–water partition coefficient (Wildman–Crippen LogP) is 3.77. The van der Waals surface area contributed by atoms with E-state index in [2.05, 4.69) is 0 Å². The summed E-state index contributed by atoms with van der Waals surface area (Å²) in [4.78, 5) is 78.0. The van der Waals surface area contributed by atoms with E-state index in [0.717, 1.165) is 57.9 Å². The first-order chi connectivity index (χ1) is 22.7. The second-order valence-electron chi connectivity index (χ2n) is 11.5. The summed E-state index contributed by atoms with van der Waals surface area (Å²) >= 11 is 0. The molecule has 1 aliphatic rings. The highest BCUT2D eigenvalue weighted by Gasteiger charge is 2.51. The van der Waals surface area contributed by atoms with Gasteiger partial charge in [-0.05, 0) is 30.0 Å². The van der Waals surface area contributed by atoms with Crippen molar-refractivity contribution in [2.24, 2.45) is 5.92 Å². The first-order valence-electron chi connectivity index (χ1n) is 14.9. The van der Waals surface area contributed by atoms with Crippen molar-refractivity contribution in [3.63, 3.8) is 0 Å². The van der Waals surface area contributed by atoms with E-state index in [-0.39, 0.29) is 11.1 Å². The van der Waals surface area contributed by atoms with Crippen molar-refractivity contribution in [2.45, 2.75) is 79.3 Å². The number of aliphatic hydroxyl groups is 1. The lowest BCUT2D eigenvalue weighted by atomic mass is 9.96. The second kappa shape index (κ2) is 15.3. The molecule has 0 saturated carbocycles. The zero-order chi connectivity index (χ0) is 37.0. The van der Waals surface area contributed by atoms with Crippen LogP contribution in [0.25, 0.3) is 5.70 Å². The van der Waals surface area contributed by atoms with Crippen LogP contribution in [0.4, 0.5) is 13.2 Å². The molecule has 49 heavy (non-hydrogen) atoms. The average molecular weight is 692 g/mol. The van der Waals surface area contributed by atoms with Crippen molar-refractivity contribution in [1.29, 1.82) is 0 Å². The summed E-state index contributed by atoms with van der Waals surface area (Å²) in [5.74, 6) is -7.79. The van der Waals surface area contributed by atoms with Crippen LogP contribution in [0, 0.1) is 5.92 Å². The summed E-state index contributed by atoms with van der Waals surface area (Å²) < 4.78 is 58.5. The average Bonchev–Trinajstić information content (AvgIpc) is 2.97. The number of aliphatic hydroxyl groups excluding tert-OH is 1. The minimum Gasteiger partial charge on any atom is -0.423 e. The number of esters is 3. The van der Waals surface area contributed by atoms with Gasteiger partial charge in [0.1, 0.15) is 6.04 Å². The van der Waals surface area contributed by atoms with E-state index in [4.69, 9.17) is 14.2 Å². The minimum absolute atomic E-state index is 0.239. The lowest BCUT2D eigenvalue weighted by Crippen LogP contribution is -2.65. The third kappa shape index (κ3) is 9.01. The van der Waals surface area contributed by atoms with E-state index in [1.54, 1.807) is 32.0 Å². The largest absolute Gasteiger partial charge is 0.423 e. The molecule has 3 amide bonds. The number of alkyl halides is 3. The number of benzene rings is 2. The molecule has 13 nitrogen and oxygen atoms in total. The van der Waals surface area contributed by atoms with Crippen LogP contribution in [0.3, 0.4) is 0 Å². The van der Waals surface area contributed by atoms with Crippen LogP contribution in [0.1, 0.15) is 59.6 Å². The highest BCUT2D eigenvalue weighted by atomic mass is 19.4. The van der Waals surface area contributed by atoms with Crippen LogP contribution in [-0.2, 0) is 35.2 Å². The fourth-order valence-electron chi connectivity index (χ4n) is 5.30. The third-order valence-electron chi connectivity index (χ3n) is 7.16. The SMILES string of the molecule is CC(=O)Oc1cc(C2=CN(C(C)=O)C(C(C)C)C(=O)N2N(C(C)=O)C(Cc2ccccc2)C(O)C(F)(F)F)cc(OC(C)=O)c1OC(C)=O. The summed E-state index contributed by atoms with van der Waals surface area (Å²) in [5.41, 5.74) is -0.379. The third-order valence-corrected chi connectivity index (χ3v) is 7.16. The van der Waals surface area contributed by atoms with Gasteiger partial charge in [0.15, 0.2) is 17.6 Å². The van der Waals surface area contributed by atoms with E-state index in [1.165, 1.54) is 12.1 Å². The molecule has 1 N–H and O–H groups in total. The number of amides is 3. The number of hydrogen-bond donors (Lipinski definition) is 1. The molecular formula is C33H36F3N3O10. The molecule has 0 aromatic heterocycles. The Bertz CT molecular complexity index is 1620. The number of ether oxygens (including phenoxy) is 3. The van der Waals surface area contributed by atoms with Crippen molar-refractivity contribution < 1.29 is 61.3 Å². The smallest absolute Gasteiger partial charge is 0.416 e. The number of hydrogen-bond acceptors (Lipinski definition) is 10. The van der Waals surface area contributed by atoms with Crippen LogP contribution in [0.15, 0.2) is 48.7 Å². The van der Waals surface area contributed by atoms with Crippen molar-refractivity contribution in [2.75, 3.05) is 0 Å². The predicted molar refractivity (Wildman–Crippen MR) is 165 cm³/mol. The summed E-state index contributed by atoms with van der Waals surface area (Å²) in [5, 5.41) is 11.8. The van der Waals surface area contributed by atoms with Gasteiger partial charge in [-0.15, -0.1) is 0 Å². The molecule has 0 radical (unpaired) electrons. The molecule has 2 aromatic carbocycles. The van der Waals surface area contributed by atoms with Crippen molar-refractivity contribution in [3.8, 4) is 17.2 Å². The highest BCUT2D eigenvalue weighted by molar-refractivity contribution is 5.98. The van der Waals surface area contributed by atoms with E-state index >= 15 is 0 Å². The van der Waals surface area contributed by atoms with Gasteiger partial charge >= 0.3 is 24.1 Å². The Balaban J connectivity index is 2.47. The van der Waals surface area contributed by atoms with Crippen molar-refractivity contribution in [1.82, 2.24) is 14.9 Å². The maximum Gasteiger partial charge on any atom is 0.416 e. The van der Waals surface area contributed by atoms with Gasteiger partial charge in [-0.25, -0.2) is 10.0 Å². The fraction of sp³-hybridized carbons (Fsp3) is 0.394. The topological polar surface area (TPSA) is 160 Å². The van der Waals surface area contributed by atoms with Crippen LogP contribution in [0.2, 0.25) is 0 Å². The summed E-state index contributed by atoms with van der Waals surface area (Å²) in [6.45, 7) is 8.19. The molecule has 0 aliphatic carbocycles. The molecule has 264 valence electrons. The molecule has 16 heteroatoms. The van der Waals surface area contributed by atoms with Gasteiger partial charge in [0.2, 0.25) is 17.6 Å². The van der Waals surface area contributed by atoms with Crippen molar-refractivity contribution in [3.05, 3.63) is 59.8 Å². The Kier molecular flexibility index (Phi) is 11.9. The summed E-state index contributed by atoms with van der Waals surface area (Å²) in [6, 6.07) is 6.24. The van der Waals surface area contributed by atoms with Gasteiger partial charge < -0.3 is 24.2 Å². The standard InChI is InChI=1S/C33H36F3N3O10/c1-17(2)29-32(46)39(38(19(4)41)25(31(45)33(34,35)36)13-23-11-9-8-10-12-23)26(16-37(29)18(3)40)24-14-27(47-20(5)42)30(49-22(7)44)28(15-24)48-21(6)43/h8-12,14-17,25,29,31,45H,13H2,1-7H3. The fourth-order valence-corrected chi connectivity index (χ4v) is 5.30. The first kappa shape index (κ1) is 38.2. The van der Waals surface area contributed by atoms with Gasteiger partial charge in [0.05, 0.1) is 11.7 Å². The molecule has 3 unspecified atom stereocenters. The molecule has 2 aromatic rings. The minimum atomic E-state index is -5.27. The Morgan fingerprint density at radius 1 is 0.878 bits per heavy atom. The monoisotopic (exact) mass is 691 g/mol. The van der Waals surface area contributed by atoms with Gasteiger partial charge in [0.25, 0.3) is 5.91 Å². The van der Waals surface area contributed by atoms with Gasteiger partial charge in [-0.1, -0.05) is 44.2 Å². The van der Waals surface area contributed by atoms with Gasteiger partial charge in [-0.2, -0.15) is 13.2 Å². The van der Waals surface area contributed by atoms with Crippen LogP contribution >= 0.6 is 0 Å². The number of carbonyl (C=O) groups excluding carboxylic acids is 6. The molecule has 0 fully saturated rings. The quantitative estimate of drug-likeness (QED) is 0.287. The molecule has 0 spiro atoms. The van der Waals surface area contributed by atoms with Crippen molar-refractivity contribution >= 4 is 41.3 Å². The Labute approximate surface area is 279 Å². The van der Waals surface area contributed by atoms with E-state index < -0.39 is 95.3 Å². The van der Waals surface area contributed by atoms with E-state index in [9.17, 15) is 47.0 Å². The molecule has 0 saturated heterocycles.